The lowest BCUT2D eigenvalue weighted by Crippen LogP contribution is -2.33. The molecule has 5 nitrogen and oxygen atoms in total. The van der Waals surface area contributed by atoms with Gasteiger partial charge in [-0.15, -0.1) is 0 Å². The van der Waals surface area contributed by atoms with Crippen LogP contribution in [0.3, 0.4) is 0 Å². The molecule has 0 aromatic rings. The van der Waals surface area contributed by atoms with Crippen LogP contribution in [0.4, 0.5) is 4.79 Å². The Balaban J connectivity index is 3.60. The first kappa shape index (κ1) is 15.2. The fraction of sp³-hybridized carbons (Fsp3) is 0.800. The number of carbonyl (C=O) groups excluding carboxylic acids is 1. The second-order valence-corrected chi connectivity index (χ2v) is 5.48. The topological polar surface area (TPSA) is 75.6 Å². The monoisotopic (exact) mass is 295 g/mol. The zero-order valence-electron chi connectivity index (χ0n) is 9.75. The lowest BCUT2D eigenvalue weighted by atomic mass is 10.2. The van der Waals surface area contributed by atoms with Crippen LogP contribution in [0.1, 0.15) is 33.6 Å². The van der Waals surface area contributed by atoms with Gasteiger partial charge in [-0.25, -0.2) is 4.79 Å². The molecule has 16 heavy (non-hydrogen) atoms. The van der Waals surface area contributed by atoms with Crippen molar-refractivity contribution in [2.24, 2.45) is 0 Å². The maximum Gasteiger partial charge on any atom is 0.407 e. The summed E-state index contributed by atoms with van der Waals surface area (Å²) in [4.78, 5) is 21.1. The number of aliphatic carboxylic acids is 1. The summed E-state index contributed by atoms with van der Waals surface area (Å²) in [5.41, 5.74) is -0.511. The molecular weight excluding hydrogens is 278 g/mol. The van der Waals surface area contributed by atoms with E-state index in [0.29, 0.717) is 19.4 Å². The number of ether oxygens (including phenoxy) is 1. The van der Waals surface area contributed by atoms with E-state index < -0.39 is 22.5 Å². The van der Waals surface area contributed by atoms with Crippen LogP contribution in [0.2, 0.25) is 0 Å². The Morgan fingerprint density at radius 3 is 2.44 bits per heavy atom. The molecule has 0 radical (unpaired) electrons. The van der Waals surface area contributed by atoms with E-state index in [1.807, 2.05) is 0 Å². The highest BCUT2D eigenvalue weighted by molar-refractivity contribution is 9.10. The van der Waals surface area contributed by atoms with Gasteiger partial charge < -0.3 is 15.2 Å². The molecule has 0 saturated carbocycles. The van der Waals surface area contributed by atoms with E-state index in [1.54, 1.807) is 20.8 Å². The Labute approximate surface area is 104 Å². The molecule has 0 spiro atoms. The molecule has 1 amide bonds. The van der Waals surface area contributed by atoms with Gasteiger partial charge in [0.25, 0.3) is 0 Å². The predicted octanol–water partition coefficient (Wildman–Crippen LogP) is 2.14. The molecule has 2 N–H and O–H groups in total. The molecule has 1 atom stereocenters. The van der Waals surface area contributed by atoms with Gasteiger partial charge in [0.2, 0.25) is 0 Å². The smallest absolute Gasteiger partial charge is 0.407 e. The van der Waals surface area contributed by atoms with Gasteiger partial charge in [-0.3, -0.25) is 4.79 Å². The van der Waals surface area contributed by atoms with Gasteiger partial charge in [0.05, 0.1) is 0 Å². The zero-order valence-corrected chi connectivity index (χ0v) is 11.3. The van der Waals surface area contributed by atoms with Crippen LogP contribution in [-0.4, -0.2) is 34.1 Å². The summed E-state index contributed by atoms with van der Waals surface area (Å²) in [5, 5.41) is 11.1. The summed E-state index contributed by atoms with van der Waals surface area (Å²) in [7, 11) is 0. The van der Waals surface area contributed by atoms with Crippen molar-refractivity contribution >= 4 is 28.0 Å². The highest BCUT2D eigenvalue weighted by Gasteiger charge is 2.16. The van der Waals surface area contributed by atoms with Crippen molar-refractivity contribution in [3.8, 4) is 0 Å². The number of halogens is 1. The predicted molar refractivity (Wildman–Crippen MR) is 63.8 cm³/mol. The van der Waals surface area contributed by atoms with Crippen LogP contribution in [0, 0.1) is 0 Å². The number of amides is 1. The number of hydrogen-bond donors (Lipinski definition) is 2. The third-order valence-electron chi connectivity index (χ3n) is 1.57. The molecule has 0 aliphatic rings. The van der Waals surface area contributed by atoms with Gasteiger partial charge in [-0.1, -0.05) is 15.9 Å². The maximum absolute atomic E-state index is 11.2. The molecule has 0 bridgehead atoms. The summed E-state index contributed by atoms with van der Waals surface area (Å²) in [6, 6.07) is 0. The summed E-state index contributed by atoms with van der Waals surface area (Å²) in [6.07, 6.45) is 0.570. The van der Waals surface area contributed by atoms with E-state index in [4.69, 9.17) is 9.84 Å². The van der Waals surface area contributed by atoms with Crippen molar-refractivity contribution in [1.82, 2.24) is 5.32 Å². The van der Waals surface area contributed by atoms with Crippen molar-refractivity contribution in [1.29, 1.82) is 0 Å². The van der Waals surface area contributed by atoms with Crippen LogP contribution >= 0.6 is 15.9 Å². The molecule has 6 heteroatoms. The highest BCUT2D eigenvalue weighted by atomic mass is 79.9. The lowest BCUT2D eigenvalue weighted by Gasteiger charge is -2.19. The van der Waals surface area contributed by atoms with Crippen LogP contribution in [0.25, 0.3) is 0 Å². The Morgan fingerprint density at radius 2 is 2.00 bits per heavy atom. The Morgan fingerprint density at radius 1 is 1.44 bits per heavy atom. The molecule has 0 aromatic carbocycles. The minimum atomic E-state index is -0.891. The summed E-state index contributed by atoms with van der Waals surface area (Å²) >= 11 is 3.01. The number of carboxylic acid groups (broad SMARTS) is 1. The first-order valence-corrected chi connectivity index (χ1v) is 5.97. The lowest BCUT2D eigenvalue weighted by molar-refractivity contribution is -0.136. The summed E-state index contributed by atoms with van der Waals surface area (Å²) in [5.74, 6) is -0.891. The average Bonchev–Trinajstić information content (AvgIpc) is 2.08. The van der Waals surface area contributed by atoms with Crippen molar-refractivity contribution in [2.75, 3.05) is 6.54 Å². The maximum atomic E-state index is 11.2. The van der Waals surface area contributed by atoms with Crippen LogP contribution in [0.15, 0.2) is 0 Å². The molecule has 0 saturated heterocycles. The molecule has 94 valence electrons. The largest absolute Gasteiger partial charge is 0.480 e. The molecule has 0 aliphatic heterocycles. The van der Waals surface area contributed by atoms with Crippen molar-refractivity contribution in [2.45, 2.75) is 44.0 Å². The number of hydrogen-bond acceptors (Lipinski definition) is 3. The highest BCUT2D eigenvalue weighted by Crippen LogP contribution is 2.08. The zero-order chi connectivity index (χ0) is 12.8. The van der Waals surface area contributed by atoms with E-state index in [0.717, 1.165) is 0 Å². The second-order valence-electron chi connectivity index (χ2n) is 4.38. The average molecular weight is 296 g/mol. The molecule has 1 unspecified atom stereocenters. The van der Waals surface area contributed by atoms with E-state index in [2.05, 4.69) is 21.2 Å². The standard InChI is InChI=1S/C10H18BrNO4/c1-10(2,3)16-9(15)12-6-4-5-7(11)8(13)14/h7H,4-6H2,1-3H3,(H,12,15)(H,13,14). The van der Waals surface area contributed by atoms with Crippen molar-refractivity contribution in [3.63, 3.8) is 0 Å². The molecular formula is C10H18BrNO4. The molecule has 0 heterocycles. The summed E-state index contributed by atoms with van der Waals surface area (Å²) in [6.45, 7) is 5.76. The van der Waals surface area contributed by atoms with Gasteiger partial charge in [-0.2, -0.15) is 0 Å². The fourth-order valence-electron chi connectivity index (χ4n) is 0.909. The minimum absolute atomic E-state index is 0.407. The van der Waals surface area contributed by atoms with Crippen LogP contribution in [-0.2, 0) is 9.53 Å². The molecule has 0 aromatic heterocycles. The second kappa shape index (κ2) is 6.73. The number of alkyl carbamates (subject to hydrolysis) is 1. The van der Waals surface area contributed by atoms with Gasteiger partial charge >= 0.3 is 12.1 Å². The molecule has 0 fully saturated rings. The fourth-order valence-corrected chi connectivity index (χ4v) is 1.23. The first-order chi connectivity index (χ1) is 7.22. The Kier molecular flexibility index (Phi) is 6.40. The van der Waals surface area contributed by atoms with Crippen molar-refractivity contribution in [3.05, 3.63) is 0 Å². The van der Waals surface area contributed by atoms with Crippen LogP contribution < -0.4 is 5.32 Å². The van der Waals surface area contributed by atoms with E-state index in [1.165, 1.54) is 0 Å². The normalized spacial score (nSPS) is 13.0. The SMILES string of the molecule is CC(C)(C)OC(=O)NCCCC(Br)C(=O)O. The van der Waals surface area contributed by atoms with E-state index >= 15 is 0 Å². The summed E-state index contributed by atoms with van der Waals surface area (Å²) < 4.78 is 5.01. The first-order valence-electron chi connectivity index (χ1n) is 5.06. The minimum Gasteiger partial charge on any atom is -0.480 e. The van der Waals surface area contributed by atoms with Crippen molar-refractivity contribution < 1.29 is 19.4 Å². The van der Waals surface area contributed by atoms with Gasteiger partial charge in [0.15, 0.2) is 0 Å². The van der Waals surface area contributed by atoms with E-state index in [-0.39, 0.29) is 0 Å². The number of nitrogens with one attached hydrogen (secondary N) is 1. The Bertz CT molecular complexity index is 250. The van der Waals surface area contributed by atoms with Crippen LogP contribution in [0.5, 0.6) is 0 Å². The van der Waals surface area contributed by atoms with Gasteiger partial charge in [-0.05, 0) is 33.6 Å². The van der Waals surface area contributed by atoms with E-state index in [9.17, 15) is 9.59 Å². The third kappa shape index (κ3) is 8.52. The third-order valence-corrected chi connectivity index (χ3v) is 2.42. The Hall–Kier alpha value is -0.780. The quantitative estimate of drug-likeness (QED) is 0.602. The van der Waals surface area contributed by atoms with Gasteiger partial charge in [0, 0.05) is 6.54 Å². The number of carbonyl (C=O) groups is 2. The molecule has 0 aliphatic carbocycles. The number of alkyl halides is 1. The van der Waals surface area contributed by atoms with Gasteiger partial charge in [0.1, 0.15) is 10.4 Å². The number of rotatable bonds is 5. The number of carboxylic acids is 1. The molecule has 0 rings (SSSR count).